The van der Waals surface area contributed by atoms with Gasteiger partial charge in [-0.2, -0.15) is 5.26 Å². The minimum atomic E-state index is -0.336. The van der Waals surface area contributed by atoms with Crippen molar-refractivity contribution in [3.63, 3.8) is 0 Å². The zero-order chi connectivity index (χ0) is 10.5. The van der Waals surface area contributed by atoms with Crippen molar-refractivity contribution in [3.8, 4) is 6.07 Å². The lowest BCUT2D eigenvalue weighted by Crippen LogP contribution is -2.07. The lowest BCUT2D eigenvalue weighted by Gasteiger charge is -2.09. The van der Waals surface area contributed by atoms with Gasteiger partial charge >= 0.3 is 0 Å². The van der Waals surface area contributed by atoms with Gasteiger partial charge in [-0.25, -0.2) is 4.98 Å². The van der Waals surface area contributed by atoms with Crippen molar-refractivity contribution in [2.75, 3.05) is 5.32 Å². The van der Waals surface area contributed by atoms with Crippen molar-refractivity contribution in [2.24, 2.45) is 0 Å². The van der Waals surface area contributed by atoms with Crippen LogP contribution in [0.2, 0.25) is 0 Å². The van der Waals surface area contributed by atoms with Crippen LogP contribution < -0.4 is 5.32 Å². The number of rotatable bonds is 3. The lowest BCUT2D eigenvalue weighted by molar-refractivity contribution is 0.992. The summed E-state index contributed by atoms with van der Waals surface area (Å²) >= 11 is 1.49. The van der Waals surface area contributed by atoms with Crippen molar-refractivity contribution < 1.29 is 0 Å². The van der Waals surface area contributed by atoms with Gasteiger partial charge in [0.2, 0.25) is 0 Å². The van der Waals surface area contributed by atoms with Crippen LogP contribution in [0, 0.1) is 11.3 Å². The molecule has 74 valence electrons. The van der Waals surface area contributed by atoms with Crippen LogP contribution in [-0.2, 0) is 0 Å². The molecule has 0 fully saturated rings. The highest BCUT2D eigenvalue weighted by Crippen LogP contribution is 2.20. The molecule has 0 radical (unpaired) electrons. The molecule has 0 saturated carbocycles. The Morgan fingerprint density at radius 1 is 1.33 bits per heavy atom. The van der Waals surface area contributed by atoms with Gasteiger partial charge in [-0.1, -0.05) is 30.3 Å². The molecule has 1 N–H and O–H groups in total. The van der Waals surface area contributed by atoms with Crippen molar-refractivity contribution >= 4 is 16.5 Å². The number of hydrogen-bond acceptors (Lipinski definition) is 4. The second kappa shape index (κ2) is 4.58. The highest BCUT2D eigenvalue weighted by atomic mass is 32.1. The molecular formula is C11H9N3S. The van der Waals surface area contributed by atoms with Gasteiger partial charge in [-0.15, -0.1) is 11.3 Å². The summed E-state index contributed by atoms with van der Waals surface area (Å²) in [6.45, 7) is 0. The molecule has 1 atom stereocenters. The summed E-state index contributed by atoms with van der Waals surface area (Å²) in [5, 5.41) is 14.8. The van der Waals surface area contributed by atoms with E-state index >= 15 is 0 Å². The number of hydrogen-bond donors (Lipinski definition) is 1. The first-order valence-corrected chi connectivity index (χ1v) is 5.38. The molecule has 2 aromatic rings. The number of anilines is 1. The monoisotopic (exact) mass is 215 g/mol. The normalized spacial score (nSPS) is 11.7. The van der Waals surface area contributed by atoms with Crippen LogP contribution in [0.5, 0.6) is 0 Å². The number of nitrogens with zero attached hydrogens (tertiary/aromatic N) is 2. The highest BCUT2D eigenvalue weighted by molar-refractivity contribution is 7.13. The largest absolute Gasteiger partial charge is 0.342 e. The Balaban J connectivity index is 2.16. The molecule has 0 aliphatic carbocycles. The molecule has 1 aromatic heterocycles. The van der Waals surface area contributed by atoms with Crippen molar-refractivity contribution in [3.05, 3.63) is 47.5 Å². The molecular weight excluding hydrogens is 206 g/mol. The lowest BCUT2D eigenvalue weighted by atomic mass is 10.1. The van der Waals surface area contributed by atoms with Gasteiger partial charge < -0.3 is 5.32 Å². The zero-order valence-corrected chi connectivity index (χ0v) is 8.74. The van der Waals surface area contributed by atoms with E-state index in [0.717, 1.165) is 10.7 Å². The van der Waals surface area contributed by atoms with Gasteiger partial charge in [0.15, 0.2) is 5.13 Å². The summed E-state index contributed by atoms with van der Waals surface area (Å²) < 4.78 is 0. The Kier molecular flexibility index (Phi) is 2.96. The minimum absolute atomic E-state index is 0.336. The van der Waals surface area contributed by atoms with Crippen molar-refractivity contribution in [1.82, 2.24) is 4.98 Å². The van der Waals surface area contributed by atoms with Crippen LogP contribution in [0.25, 0.3) is 0 Å². The molecule has 0 aliphatic rings. The molecule has 15 heavy (non-hydrogen) atoms. The van der Waals surface area contributed by atoms with Gasteiger partial charge in [0.05, 0.1) is 6.07 Å². The summed E-state index contributed by atoms with van der Waals surface area (Å²) in [7, 11) is 0. The van der Waals surface area contributed by atoms with Crippen molar-refractivity contribution in [2.45, 2.75) is 6.04 Å². The number of nitriles is 1. The molecule has 0 aliphatic heterocycles. The van der Waals surface area contributed by atoms with Gasteiger partial charge in [0, 0.05) is 11.6 Å². The second-order valence-electron chi connectivity index (χ2n) is 2.95. The van der Waals surface area contributed by atoms with E-state index in [-0.39, 0.29) is 6.04 Å². The fraction of sp³-hybridized carbons (Fsp3) is 0.0909. The smallest absolute Gasteiger partial charge is 0.183 e. The molecule has 2 rings (SSSR count). The molecule has 0 amide bonds. The van der Waals surface area contributed by atoms with Gasteiger partial charge in [-0.3, -0.25) is 0 Å². The fourth-order valence-corrected chi connectivity index (χ4v) is 1.81. The fourth-order valence-electron chi connectivity index (χ4n) is 1.25. The summed E-state index contributed by atoms with van der Waals surface area (Å²) in [6, 6.07) is 11.5. The van der Waals surface area contributed by atoms with Crippen LogP contribution in [0.3, 0.4) is 0 Å². The van der Waals surface area contributed by atoms with E-state index < -0.39 is 0 Å². The van der Waals surface area contributed by atoms with E-state index in [1.807, 2.05) is 35.7 Å². The Morgan fingerprint density at radius 2 is 2.13 bits per heavy atom. The van der Waals surface area contributed by atoms with Gasteiger partial charge in [0.1, 0.15) is 6.04 Å². The third kappa shape index (κ3) is 2.33. The molecule has 1 heterocycles. The van der Waals surface area contributed by atoms with E-state index in [2.05, 4.69) is 16.4 Å². The van der Waals surface area contributed by atoms with E-state index in [1.54, 1.807) is 6.20 Å². The molecule has 3 nitrogen and oxygen atoms in total. The molecule has 0 bridgehead atoms. The van der Waals surface area contributed by atoms with Crippen LogP contribution in [0.1, 0.15) is 11.6 Å². The predicted molar refractivity (Wildman–Crippen MR) is 60.5 cm³/mol. The number of nitrogens with one attached hydrogen (secondary N) is 1. The number of thiazole rings is 1. The average Bonchev–Trinajstić information content (AvgIpc) is 2.80. The molecule has 0 spiro atoms. The summed E-state index contributed by atoms with van der Waals surface area (Å²) in [4.78, 5) is 4.09. The SMILES string of the molecule is N#C[C@@H](Nc1nccs1)c1ccccc1. The predicted octanol–water partition coefficient (Wildman–Crippen LogP) is 2.82. The maximum absolute atomic E-state index is 9.04. The van der Waals surface area contributed by atoms with Crippen LogP contribution in [0.15, 0.2) is 41.9 Å². The Hall–Kier alpha value is -1.86. The first-order chi connectivity index (χ1) is 7.40. The molecule has 0 saturated heterocycles. The topological polar surface area (TPSA) is 48.7 Å². The maximum atomic E-state index is 9.04. The van der Waals surface area contributed by atoms with Crippen molar-refractivity contribution in [1.29, 1.82) is 5.26 Å². The first kappa shape index (κ1) is 9.69. The second-order valence-corrected chi connectivity index (χ2v) is 3.85. The zero-order valence-electron chi connectivity index (χ0n) is 7.92. The number of aromatic nitrogens is 1. The third-order valence-electron chi connectivity index (χ3n) is 1.96. The summed E-state index contributed by atoms with van der Waals surface area (Å²) in [6.07, 6.45) is 1.71. The summed E-state index contributed by atoms with van der Waals surface area (Å²) in [5.41, 5.74) is 0.954. The highest BCUT2D eigenvalue weighted by Gasteiger charge is 2.10. The third-order valence-corrected chi connectivity index (χ3v) is 2.67. The standard InChI is InChI=1S/C11H9N3S/c12-8-10(9-4-2-1-3-5-9)14-11-13-6-7-15-11/h1-7,10H,(H,13,14)/t10-/m1/s1. The molecule has 0 unspecified atom stereocenters. The molecule has 1 aromatic carbocycles. The van der Waals surface area contributed by atoms with E-state index in [9.17, 15) is 0 Å². The average molecular weight is 215 g/mol. The first-order valence-electron chi connectivity index (χ1n) is 4.51. The Bertz CT molecular complexity index is 444. The van der Waals surface area contributed by atoms with Gasteiger partial charge in [0.25, 0.3) is 0 Å². The van der Waals surface area contributed by atoms with Crippen LogP contribution in [-0.4, -0.2) is 4.98 Å². The Labute approximate surface area is 92.0 Å². The minimum Gasteiger partial charge on any atom is -0.342 e. The van der Waals surface area contributed by atoms with Gasteiger partial charge in [-0.05, 0) is 5.56 Å². The molecule has 4 heteroatoms. The Morgan fingerprint density at radius 3 is 2.73 bits per heavy atom. The quantitative estimate of drug-likeness (QED) is 0.856. The van der Waals surface area contributed by atoms with Crippen LogP contribution in [0.4, 0.5) is 5.13 Å². The van der Waals surface area contributed by atoms with E-state index in [4.69, 9.17) is 5.26 Å². The summed E-state index contributed by atoms with van der Waals surface area (Å²) in [5.74, 6) is 0. The van der Waals surface area contributed by atoms with E-state index in [0.29, 0.717) is 0 Å². The van der Waals surface area contributed by atoms with Crippen LogP contribution >= 0.6 is 11.3 Å². The van der Waals surface area contributed by atoms with E-state index in [1.165, 1.54) is 11.3 Å². The maximum Gasteiger partial charge on any atom is 0.183 e. The number of benzene rings is 1.